The van der Waals surface area contributed by atoms with Crippen molar-refractivity contribution in [1.82, 2.24) is 4.98 Å². The molecule has 146 valence electrons. The van der Waals surface area contributed by atoms with Gasteiger partial charge in [-0.2, -0.15) is 0 Å². The van der Waals surface area contributed by atoms with Gasteiger partial charge in [-0.1, -0.05) is 54.5 Å². The number of hydrogen-bond acceptors (Lipinski definition) is 2. The van der Waals surface area contributed by atoms with Gasteiger partial charge in [-0.3, -0.25) is 4.98 Å². The van der Waals surface area contributed by atoms with Crippen molar-refractivity contribution < 1.29 is 9.59 Å². The van der Waals surface area contributed by atoms with Crippen LogP contribution in [0.1, 0.15) is 30.1 Å². The molecular weight excluding hydrogens is 356 g/mol. The van der Waals surface area contributed by atoms with E-state index in [2.05, 4.69) is 47.3 Å². The minimum atomic E-state index is -0.520. The number of fused-ring (bicyclic) bond motifs is 4. The van der Waals surface area contributed by atoms with Gasteiger partial charge in [-0.15, -0.1) is 6.42 Å². The number of nitrogens with zero attached hydrogens (tertiary/aromatic N) is 2. The molecule has 1 aromatic heterocycles. The molecule has 0 radical (unpaired) electrons. The Labute approximate surface area is 172 Å². The molecule has 6 rings (SSSR count). The highest BCUT2D eigenvalue weighted by Crippen LogP contribution is 2.47. The van der Waals surface area contributed by atoms with Crippen LogP contribution in [0.4, 0.5) is 0 Å². The summed E-state index contributed by atoms with van der Waals surface area (Å²) in [7, 11) is 0. The molecule has 3 aliphatic rings. The van der Waals surface area contributed by atoms with Crippen LogP contribution in [0, 0.1) is 24.2 Å². The summed E-state index contributed by atoms with van der Waals surface area (Å²) in [6.07, 6.45) is 9.36. The first kappa shape index (κ1) is 18.4. The molecule has 0 aliphatic carbocycles. The van der Waals surface area contributed by atoms with Crippen LogP contribution in [-0.2, 0) is 6.54 Å². The van der Waals surface area contributed by atoms with E-state index >= 15 is 0 Å². The molecule has 0 unspecified atom stereocenters. The van der Waals surface area contributed by atoms with E-state index in [0.717, 1.165) is 53.4 Å². The first-order valence-corrected chi connectivity index (χ1v) is 10.6. The third kappa shape index (κ3) is 3.13. The summed E-state index contributed by atoms with van der Waals surface area (Å²) in [6, 6.07) is 20.9. The number of rotatable bonds is 4. The Hall–Kier alpha value is -2.67. The number of aliphatic hydroxyl groups excluding tert-OH is 1. The molecule has 4 heterocycles. The van der Waals surface area contributed by atoms with E-state index in [-0.39, 0.29) is 6.04 Å². The average Bonchev–Trinajstić information content (AvgIpc) is 2.78. The van der Waals surface area contributed by atoms with Crippen LogP contribution < -0.4 is 0 Å². The molecule has 0 spiro atoms. The number of benzene rings is 2. The van der Waals surface area contributed by atoms with Gasteiger partial charge in [0.15, 0.2) is 0 Å². The molecule has 3 saturated heterocycles. The SMILES string of the molecule is C#C[C@H]1C[N@+]2(Cc3ccccc3)CC[C@H]1C[C@H]2[C@H](O)c1ccnc2ccccc12. The van der Waals surface area contributed by atoms with Gasteiger partial charge >= 0.3 is 0 Å². The number of piperidine rings is 3. The molecule has 29 heavy (non-hydrogen) atoms. The van der Waals surface area contributed by atoms with Crippen molar-refractivity contribution in [2.24, 2.45) is 11.8 Å². The molecule has 3 aromatic rings. The zero-order valence-electron chi connectivity index (χ0n) is 16.6. The maximum atomic E-state index is 11.7. The Kier molecular flexibility index (Phi) is 4.62. The van der Waals surface area contributed by atoms with Crippen molar-refractivity contribution in [3.8, 4) is 12.3 Å². The van der Waals surface area contributed by atoms with Gasteiger partial charge in [-0.05, 0) is 23.6 Å². The number of pyridine rings is 1. The van der Waals surface area contributed by atoms with Crippen molar-refractivity contribution >= 4 is 10.9 Å². The molecule has 2 aromatic carbocycles. The third-order valence-corrected chi connectivity index (χ3v) is 7.24. The zero-order chi connectivity index (χ0) is 19.8. The van der Waals surface area contributed by atoms with Crippen LogP contribution in [0.25, 0.3) is 10.9 Å². The highest BCUT2D eigenvalue weighted by Gasteiger charge is 2.54. The molecular formula is C26H27N2O+. The second-order valence-electron chi connectivity index (χ2n) is 8.76. The second kappa shape index (κ2) is 7.30. The van der Waals surface area contributed by atoms with E-state index in [4.69, 9.17) is 6.42 Å². The largest absolute Gasteiger partial charge is 0.382 e. The Bertz CT molecular complexity index is 1050. The van der Waals surface area contributed by atoms with Gasteiger partial charge in [0.2, 0.25) is 0 Å². The maximum absolute atomic E-state index is 11.7. The molecule has 5 atom stereocenters. The topological polar surface area (TPSA) is 33.1 Å². The second-order valence-corrected chi connectivity index (χ2v) is 8.76. The number of aromatic nitrogens is 1. The molecule has 3 fully saturated rings. The van der Waals surface area contributed by atoms with E-state index in [9.17, 15) is 5.11 Å². The summed E-state index contributed by atoms with van der Waals surface area (Å²) in [6.45, 7) is 2.97. The summed E-state index contributed by atoms with van der Waals surface area (Å²) in [5, 5.41) is 12.7. The van der Waals surface area contributed by atoms with Crippen molar-refractivity contribution in [3.63, 3.8) is 0 Å². The highest BCUT2D eigenvalue weighted by molar-refractivity contribution is 5.82. The summed E-state index contributed by atoms with van der Waals surface area (Å²) in [4.78, 5) is 4.49. The lowest BCUT2D eigenvalue weighted by molar-refractivity contribution is -0.984. The number of quaternary nitrogens is 1. The van der Waals surface area contributed by atoms with Crippen LogP contribution in [0.2, 0.25) is 0 Å². The van der Waals surface area contributed by atoms with Crippen LogP contribution >= 0.6 is 0 Å². The number of para-hydroxylation sites is 1. The lowest BCUT2D eigenvalue weighted by Gasteiger charge is -2.57. The minimum Gasteiger partial charge on any atom is -0.382 e. The lowest BCUT2D eigenvalue weighted by Crippen LogP contribution is -2.67. The van der Waals surface area contributed by atoms with Crippen LogP contribution in [0.15, 0.2) is 66.9 Å². The van der Waals surface area contributed by atoms with Gasteiger partial charge in [0.1, 0.15) is 18.7 Å². The molecule has 1 N–H and O–H groups in total. The fourth-order valence-corrected chi connectivity index (χ4v) is 5.78. The molecule has 0 amide bonds. The van der Waals surface area contributed by atoms with Gasteiger partial charge in [0.25, 0.3) is 0 Å². The van der Waals surface area contributed by atoms with E-state index in [0.29, 0.717) is 11.8 Å². The number of terminal acetylenes is 1. The van der Waals surface area contributed by atoms with Crippen molar-refractivity contribution in [2.45, 2.75) is 31.5 Å². The Balaban J connectivity index is 1.56. The summed E-state index contributed by atoms with van der Waals surface area (Å²) in [5.74, 6) is 3.89. The fourth-order valence-electron chi connectivity index (χ4n) is 5.78. The number of aliphatic hydroxyl groups is 1. The molecule has 2 bridgehead atoms. The summed E-state index contributed by atoms with van der Waals surface area (Å²) < 4.78 is 0.882. The van der Waals surface area contributed by atoms with Crippen LogP contribution in [0.3, 0.4) is 0 Å². The minimum absolute atomic E-state index is 0.157. The fraction of sp³-hybridized carbons (Fsp3) is 0.346. The van der Waals surface area contributed by atoms with Gasteiger partial charge < -0.3 is 9.59 Å². The first-order chi connectivity index (χ1) is 14.2. The van der Waals surface area contributed by atoms with Gasteiger partial charge in [0, 0.05) is 30.0 Å². The van der Waals surface area contributed by atoms with Crippen LogP contribution in [-0.4, -0.2) is 33.7 Å². The lowest BCUT2D eigenvalue weighted by atomic mass is 9.71. The van der Waals surface area contributed by atoms with Crippen molar-refractivity contribution in [1.29, 1.82) is 0 Å². The summed E-state index contributed by atoms with van der Waals surface area (Å²) in [5.41, 5.74) is 3.26. The Morgan fingerprint density at radius 2 is 1.90 bits per heavy atom. The number of hydrogen-bond donors (Lipinski definition) is 1. The first-order valence-electron chi connectivity index (χ1n) is 10.6. The van der Waals surface area contributed by atoms with Crippen molar-refractivity contribution in [3.05, 3.63) is 78.0 Å². The van der Waals surface area contributed by atoms with Gasteiger partial charge in [-0.25, -0.2) is 0 Å². The summed E-state index contributed by atoms with van der Waals surface area (Å²) >= 11 is 0. The smallest absolute Gasteiger partial charge is 0.131 e. The maximum Gasteiger partial charge on any atom is 0.131 e. The van der Waals surface area contributed by atoms with E-state index in [1.807, 2.05) is 30.5 Å². The molecule has 0 saturated carbocycles. The Morgan fingerprint density at radius 1 is 1.10 bits per heavy atom. The predicted molar refractivity (Wildman–Crippen MR) is 116 cm³/mol. The zero-order valence-corrected chi connectivity index (χ0v) is 16.6. The molecule has 3 nitrogen and oxygen atoms in total. The van der Waals surface area contributed by atoms with E-state index in [1.165, 1.54) is 5.56 Å². The predicted octanol–water partition coefficient (Wildman–Crippen LogP) is 4.33. The van der Waals surface area contributed by atoms with Gasteiger partial charge in [0.05, 0.1) is 24.5 Å². The van der Waals surface area contributed by atoms with E-state index in [1.54, 1.807) is 0 Å². The van der Waals surface area contributed by atoms with Crippen LogP contribution in [0.5, 0.6) is 0 Å². The Morgan fingerprint density at radius 3 is 2.72 bits per heavy atom. The quantitative estimate of drug-likeness (QED) is 0.537. The average molecular weight is 384 g/mol. The molecule has 3 heteroatoms. The standard InChI is InChI=1S/C26H27N2O/c1-2-20-18-28(17-19-8-4-3-5-9-19)15-13-21(20)16-25(28)26(29)23-12-14-27-24-11-7-6-10-22(23)24/h1,3-12,14,20-21,25-26,29H,13,15-18H2/q+1/t20-,21-,25-,26+,28+/m0/s1. The van der Waals surface area contributed by atoms with Crippen molar-refractivity contribution in [2.75, 3.05) is 13.1 Å². The third-order valence-electron chi connectivity index (χ3n) is 7.24. The van der Waals surface area contributed by atoms with E-state index < -0.39 is 6.10 Å². The normalized spacial score (nSPS) is 29.4. The highest BCUT2D eigenvalue weighted by atomic mass is 16.3. The molecule has 3 aliphatic heterocycles. The monoisotopic (exact) mass is 383 g/mol.